The highest BCUT2D eigenvalue weighted by molar-refractivity contribution is 7.81. The van der Waals surface area contributed by atoms with Gasteiger partial charge in [-0.25, -0.2) is 26.7 Å². The van der Waals surface area contributed by atoms with E-state index in [4.69, 9.17) is 0 Å². The fourth-order valence-corrected chi connectivity index (χ4v) is 4.76. The molecular weight excluding hydrogens is 459 g/mol. The smallest absolute Gasteiger partial charge is 0.271 e. The summed E-state index contributed by atoms with van der Waals surface area (Å²) in [6, 6.07) is 2.99. The summed E-state index contributed by atoms with van der Waals surface area (Å²) in [6.07, 6.45) is 3.07. The first kappa shape index (κ1) is 22.9. The Hall–Kier alpha value is -3.25. The lowest BCUT2D eigenvalue weighted by Crippen LogP contribution is -2.26. The fraction of sp³-hybridized carbons (Fsp3) is 0.286. The number of hydrogen-bond acceptors (Lipinski definition) is 4. The minimum atomic E-state index is -2.79. The van der Waals surface area contributed by atoms with E-state index in [-0.39, 0.29) is 40.8 Å². The van der Waals surface area contributed by atoms with Crippen molar-refractivity contribution in [3.63, 3.8) is 0 Å². The van der Waals surface area contributed by atoms with Gasteiger partial charge >= 0.3 is 0 Å². The topological polar surface area (TPSA) is 100 Å². The van der Waals surface area contributed by atoms with Crippen molar-refractivity contribution in [1.29, 1.82) is 0 Å². The van der Waals surface area contributed by atoms with Gasteiger partial charge in [0.1, 0.15) is 17.3 Å². The minimum Gasteiger partial charge on any atom is -0.354 e. The fourth-order valence-electron chi connectivity index (χ4n) is 4.10. The van der Waals surface area contributed by atoms with Crippen LogP contribution in [0.2, 0.25) is 0 Å². The van der Waals surface area contributed by atoms with Crippen LogP contribution in [0.25, 0.3) is 0 Å². The van der Waals surface area contributed by atoms with E-state index >= 15 is 4.39 Å². The Morgan fingerprint density at radius 1 is 1.27 bits per heavy atom. The van der Waals surface area contributed by atoms with Gasteiger partial charge < -0.3 is 9.88 Å². The van der Waals surface area contributed by atoms with Crippen LogP contribution in [0.15, 0.2) is 30.7 Å². The Morgan fingerprint density at radius 2 is 2.03 bits per heavy atom. The summed E-state index contributed by atoms with van der Waals surface area (Å²) in [5.74, 6) is -3.58. The minimum absolute atomic E-state index is 0.122. The maximum absolute atomic E-state index is 15.7. The summed E-state index contributed by atoms with van der Waals surface area (Å²) in [4.78, 5) is 19.9. The molecule has 0 radical (unpaired) electrons. The number of fused-ring (bicyclic) bond motifs is 1. The number of anilines is 2. The molecule has 12 heteroatoms. The van der Waals surface area contributed by atoms with Gasteiger partial charge in [0.2, 0.25) is 0 Å². The molecule has 33 heavy (non-hydrogen) atoms. The number of nitrogens with zero attached hydrogens (tertiary/aromatic N) is 4. The Kier molecular flexibility index (Phi) is 6.21. The zero-order valence-electron chi connectivity index (χ0n) is 17.7. The van der Waals surface area contributed by atoms with Crippen LogP contribution in [0.3, 0.4) is 0 Å². The summed E-state index contributed by atoms with van der Waals surface area (Å²) in [7, 11) is 1.49. The van der Waals surface area contributed by atoms with E-state index in [1.54, 1.807) is 4.57 Å². The number of carbonyl (C=O) groups is 1. The monoisotopic (exact) mass is 479 g/mol. The molecule has 0 fully saturated rings. The van der Waals surface area contributed by atoms with E-state index < -0.39 is 34.6 Å². The van der Waals surface area contributed by atoms with Gasteiger partial charge in [-0.2, -0.15) is 0 Å². The Morgan fingerprint density at radius 3 is 2.73 bits per heavy atom. The van der Waals surface area contributed by atoms with E-state index in [1.165, 1.54) is 20.3 Å². The summed E-state index contributed by atoms with van der Waals surface area (Å²) >= 11 is -2.79. The van der Waals surface area contributed by atoms with Crippen LogP contribution < -0.4 is 9.62 Å². The van der Waals surface area contributed by atoms with Gasteiger partial charge in [0, 0.05) is 31.1 Å². The lowest BCUT2D eigenvalue weighted by molar-refractivity contribution is 0.0957. The molecule has 0 aliphatic carbocycles. The van der Waals surface area contributed by atoms with Crippen molar-refractivity contribution < 1.29 is 26.7 Å². The van der Waals surface area contributed by atoms with Crippen LogP contribution in [0.5, 0.6) is 0 Å². The maximum atomic E-state index is 15.7. The molecular formula is C21H20F3N5O3S. The van der Waals surface area contributed by atoms with Crippen molar-refractivity contribution in [1.82, 2.24) is 19.9 Å². The summed E-state index contributed by atoms with van der Waals surface area (Å²) in [6.45, 7) is 1.64. The zero-order valence-corrected chi connectivity index (χ0v) is 18.5. The molecule has 2 aromatic heterocycles. The van der Waals surface area contributed by atoms with E-state index in [2.05, 4.69) is 15.3 Å². The number of halogens is 3. The molecule has 8 nitrogen and oxygen atoms in total. The highest BCUT2D eigenvalue weighted by Gasteiger charge is 2.32. The second-order valence-electron chi connectivity index (χ2n) is 7.58. The number of aromatic nitrogens is 3. The molecule has 3 heterocycles. The summed E-state index contributed by atoms with van der Waals surface area (Å²) < 4.78 is 68.6. The maximum Gasteiger partial charge on any atom is 0.271 e. The van der Waals surface area contributed by atoms with Gasteiger partial charge in [-0.15, -0.1) is 0 Å². The van der Waals surface area contributed by atoms with Gasteiger partial charge in [-0.05, 0) is 31.9 Å². The van der Waals surface area contributed by atoms with Gasteiger partial charge in [0.15, 0.2) is 5.82 Å². The molecule has 1 amide bonds. The highest BCUT2D eigenvalue weighted by Crippen LogP contribution is 2.39. The van der Waals surface area contributed by atoms with Crippen LogP contribution in [-0.2, 0) is 24.2 Å². The molecule has 174 valence electrons. The predicted octanol–water partition coefficient (Wildman–Crippen LogP) is 3.37. The largest absolute Gasteiger partial charge is 0.354 e. The van der Waals surface area contributed by atoms with Gasteiger partial charge in [0.05, 0.1) is 35.3 Å². The van der Waals surface area contributed by atoms with Crippen molar-refractivity contribution in [2.45, 2.75) is 32.2 Å². The molecule has 0 saturated heterocycles. The number of benzene rings is 1. The molecule has 1 aromatic carbocycles. The number of hydrogen-bond donors (Lipinski definition) is 2. The third-order valence-corrected chi connectivity index (χ3v) is 6.38. The van der Waals surface area contributed by atoms with Crippen molar-refractivity contribution in [2.24, 2.45) is 0 Å². The molecule has 2 N–H and O–H groups in total. The highest BCUT2D eigenvalue weighted by atomic mass is 32.2. The average Bonchev–Trinajstić information content (AvgIpc) is 3.20. The number of aryl methyl sites for hydroxylation is 1. The van der Waals surface area contributed by atoms with E-state index in [0.29, 0.717) is 22.8 Å². The number of pyridine rings is 1. The normalized spacial score (nSPS) is 16.2. The number of carbonyl (C=O) groups excluding carboxylic acids is 1. The second-order valence-corrected chi connectivity index (χ2v) is 8.41. The molecule has 0 saturated carbocycles. The molecule has 1 aliphatic heterocycles. The predicted molar refractivity (Wildman–Crippen MR) is 115 cm³/mol. The molecule has 3 aromatic rings. The van der Waals surface area contributed by atoms with Gasteiger partial charge in [-0.1, -0.05) is 0 Å². The Labute approximate surface area is 189 Å². The quantitative estimate of drug-likeness (QED) is 0.547. The van der Waals surface area contributed by atoms with Crippen LogP contribution in [0.1, 0.15) is 39.8 Å². The number of imidazole rings is 1. The standard InChI is InChI=1S/C21H20F3N5O3S/c1-11-17(7-13(22)8-26-11)29(33(31)32)15-6-4-14(23)18(19(15)24)12-3-5-16-20(21(30)25-2)27-10-28(16)9-12/h4,6-8,10,12H,3,5,9H2,1-2H3,(H,25,30)(H,31,32)/t12-/m0/s1. The Bertz CT molecular complexity index is 1270. The second kappa shape index (κ2) is 8.94. The third kappa shape index (κ3) is 4.11. The summed E-state index contributed by atoms with van der Waals surface area (Å²) in [5, 5.41) is 2.51. The first-order valence-electron chi connectivity index (χ1n) is 10.00. The Balaban J connectivity index is 1.76. The lowest BCUT2D eigenvalue weighted by atomic mass is 9.89. The van der Waals surface area contributed by atoms with Crippen molar-refractivity contribution in [3.05, 3.63) is 70.8 Å². The zero-order chi connectivity index (χ0) is 23.9. The summed E-state index contributed by atoms with van der Waals surface area (Å²) in [5.41, 5.74) is 0.356. The lowest BCUT2D eigenvalue weighted by Gasteiger charge is -2.28. The molecule has 2 atom stereocenters. The van der Waals surface area contributed by atoms with E-state index in [0.717, 1.165) is 24.4 Å². The van der Waals surface area contributed by atoms with Crippen molar-refractivity contribution >= 4 is 28.5 Å². The number of nitrogens with one attached hydrogen (secondary N) is 1. The van der Waals surface area contributed by atoms with E-state index in [1.807, 2.05) is 0 Å². The SMILES string of the molecule is CNC(=O)c1ncn2c1CC[C@H](c1c(F)ccc(N(c3cc(F)cnc3C)S(=O)O)c1F)C2. The molecule has 4 rings (SSSR count). The van der Waals surface area contributed by atoms with Gasteiger partial charge in [-0.3, -0.25) is 14.3 Å². The van der Waals surface area contributed by atoms with Crippen molar-refractivity contribution in [2.75, 3.05) is 11.4 Å². The van der Waals surface area contributed by atoms with Crippen molar-refractivity contribution in [3.8, 4) is 0 Å². The molecule has 1 aliphatic rings. The van der Waals surface area contributed by atoms with Crippen LogP contribution >= 0.6 is 0 Å². The first-order chi connectivity index (χ1) is 15.7. The average molecular weight is 479 g/mol. The van der Waals surface area contributed by atoms with Crippen LogP contribution in [0, 0.1) is 24.4 Å². The number of amides is 1. The van der Waals surface area contributed by atoms with Crippen LogP contribution in [-0.4, -0.2) is 36.3 Å². The first-order valence-corrected chi connectivity index (χ1v) is 11.1. The molecule has 0 bridgehead atoms. The molecule has 0 spiro atoms. The number of rotatable bonds is 5. The van der Waals surface area contributed by atoms with Crippen LogP contribution in [0.4, 0.5) is 24.5 Å². The third-order valence-electron chi connectivity index (χ3n) is 5.67. The molecule has 1 unspecified atom stereocenters. The van der Waals surface area contributed by atoms with Gasteiger partial charge in [0.25, 0.3) is 17.2 Å². The van der Waals surface area contributed by atoms with E-state index in [9.17, 15) is 22.3 Å².